The van der Waals surface area contributed by atoms with Gasteiger partial charge < -0.3 is 8.80 Å². The third-order valence-corrected chi connectivity index (χ3v) is 14.6. The molecule has 0 saturated carbocycles. The van der Waals surface area contributed by atoms with Gasteiger partial charge >= 0.3 is 5.82 Å². The van der Waals surface area contributed by atoms with E-state index in [4.69, 9.17) is 0 Å². The van der Waals surface area contributed by atoms with Gasteiger partial charge in [-0.15, -0.1) is 0 Å². The summed E-state index contributed by atoms with van der Waals surface area (Å²) in [5.41, 5.74) is 16.2. The molecule has 0 fully saturated rings. The van der Waals surface area contributed by atoms with Crippen LogP contribution in [0.4, 0.5) is 5.82 Å². The summed E-state index contributed by atoms with van der Waals surface area (Å²) in [5.74, 6) is 1.85. The fourth-order valence-corrected chi connectivity index (χ4v) is 9.26. The molecule has 1 atom stereocenters. The summed E-state index contributed by atoms with van der Waals surface area (Å²) in [6, 6.07) is 40.4. The number of hydrogen-bond donors (Lipinski definition) is 0. The molecular formula is C87H120N17+. The van der Waals surface area contributed by atoms with Gasteiger partial charge in [-0.2, -0.15) is 0 Å². The summed E-state index contributed by atoms with van der Waals surface area (Å²) in [6.45, 7) is 56.4. The van der Waals surface area contributed by atoms with Gasteiger partial charge in [-0.3, -0.25) is 44.3 Å². The molecule has 0 radical (unpaired) electrons. The molecular weight excluding hydrogens is 1280 g/mol. The van der Waals surface area contributed by atoms with Crippen molar-refractivity contribution < 1.29 is 4.57 Å². The lowest BCUT2D eigenvalue weighted by Crippen LogP contribution is -2.36. The number of aryl methyl sites for hydroxylation is 10. The molecule has 16 heterocycles. The highest BCUT2D eigenvalue weighted by atomic mass is 15.1. The molecule has 0 amide bonds. The Bertz CT molecular complexity index is 4340. The Morgan fingerprint density at radius 2 is 0.740 bits per heavy atom. The summed E-state index contributed by atoms with van der Waals surface area (Å²) in [7, 11) is 0. The predicted octanol–water partition coefficient (Wildman–Crippen LogP) is 22.9. The molecule has 1 unspecified atom stereocenters. The lowest BCUT2D eigenvalue weighted by atomic mass is 10.2. The van der Waals surface area contributed by atoms with Crippen molar-refractivity contribution in [2.45, 2.75) is 200 Å². The number of nitrogens with zero attached hydrogens (tertiary/aromatic N) is 17. The Morgan fingerprint density at radius 1 is 0.317 bits per heavy atom. The molecule has 15 aromatic rings. The van der Waals surface area contributed by atoms with Gasteiger partial charge in [0.15, 0.2) is 11.8 Å². The zero-order valence-corrected chi connectivity index (χ0v) is 67.9. The molecule has 17 nitrogen and oxygen atoms in total. The quantitative estimate of drug-likeness (QED) is 0.131. The summed E-state index contributed by atoms with van der Waals surface area (Å²) in [6.07, 6.45) is 28.0. The second-order valence-electron chi connectivity index (χ2n) is 21.0. The molecule has 16 rings (SSSR count). The predicted molar refractivity (Wildman–Crippen MR) is 444 cm³/mol. The monoisotopic (exact) mass is 1400 g/mol. The van der Waals surface area contributed by atoms with Gasteiger partial charge in [0.05, 0.1) is 40.5 Å². The number of imidazole rings is 3. The third-order valence-electron chi connectivity index (χ3n) is 14.6. The van der Waals surface area contributed by atoms with E-state index < -0.39 is 0 Å². The topological polar surface area (TPSA) is 184 Å². The molecule has 1 aliphatic rings. The van der Waals surface area contributed by atoms with E-state index in [9.17, 15) is 0 Å². The van der Waals surface area contributed by atoms with Gasteiger partial charge in [0.1, 0.15) is 11.3 Å². The molecule has 0 N–H and O–H groups in total. The largest absolute Gasteiger partial charge is 0.323 e. The number of rotatable bonds is 0. The van der Waals surface area contributed by atoms with Crippen molar-refractivity contribution >= 4 is 72.0 Å². The van der Waals surface area contributed by atoms with E-state index in [1.54, 1.807) is 37.2 Å². The first kappa shape index (κ1) is 91.1. The SMILES string of the molecule is CC.CC.CC.CC.CC.CC.CC.CC.CC1=Nc2cccc[n+]2C1C.Cc1cc2cccnc2cn1.Cc1cc2ccncc2cn1.Cc1cc2cnccc2cn1.Cc1cc2ncccc2cn1.Cc1nc2ccccn2c1C.Cc1nc2ccccn2c1C.Cc1nc2ncccn2c1C. The number of aromatic nitrogens is 16. The van der Waals surface area contributed by atoms with Crippen LogP contribution in [0.3, 0.4) is 0 Å². The van der Waals surface area contributed by atoms with Crippen LogP contribution in [0.25, 0.3) is 60.4 Å². The molecule has 1 aliphatic heterocycles. The zero-order chi connectivity index (χ0) is 78.1. The molecule has 17 heteroatoms. The van der Waals surface area contributed by atoms with E-state index in [0.717, 1.165) is 106 Å². The Morgan fingerprint density at radius 3 is 1.28 bits per heavy atom. The van der Waals surface area contributed by atoms with Crippen LogP contribution in [-0.4, -0.2) is 78.7 Å². The number of pyridine rings is 11. The summed E-state index contributed by atoms with van der Waals surface area (Å²) < 4.78 is 8.34. The number of aliphatic imine (C=N–C) groups is 1. The van der Waals surface area contributed by atoms with Crippen LogP contribution < -0.4 is 4.57 Å². The normalized spacial score (nSPS) is 10.5. The fraction of sp³-hybridized carbons (Fsp3) is 0.333. The minimum atomic E-state index is 0.436. The first-order chi connectivity index (χ1) is 50.6. The van der Waals surface area contributed by atoms with Crippen molar-refractivity contribution in [1.82, 2.24) is 73.0 Å². The van der Waals surface area contributed by atoms with Gasteiger partial charge in [0, 0.05) is 160 Å². The van der Waals surface area contributed by atoms with Crippen molar-refractivity contribution in [2.24, 2.45) is 4.99 Å². The van der Waals surface area contributed by atoms with E-state index in [0.29, 0.717) is 6.04 Å². The molecule has 0 saturated heterocycles. The lowest BCUT2D eigenvalue weighted by molar-refractivity contribution is -0.685. The van der Waals surface area contributed by atoms with Crippen LogP contribution in [0.1, 0.15) is 188 Å². The molecule has 552 valence electrons. The lowest BCUT2D eigenvalue weighted by Gasteiger charge is -1.99. The first-order valence-electron chi connectivity index (χ1n) is 36.9. The maximum absolute atomic E-state index is 4.41. The van der Waals surface area contributed by atoms with Crippen molar-refractivity contribution in [3.05, 3.63) is 271 Å². The van der Waals surface area contributed by atoms with Crippen LogP contribution >= 0.6 is 0 Å². The zero-order valence-electron chi connectivity index (χ0n) is 67.9. The Hall–Kier alpha value is -10.9. The van der Waals surface area contributed by atoms with Crippen molar-refractivity contribution in [2.75, 3.05) is 0 Å². The van der Waals surface area contributed by atoms with Crippen molar-refractivity contribution in [1.29, 1.82) is 0 Å². The molecule has 0 spiro atoms. The summed E-state index contributed by atoms with van der Waals surface area (Å²) >= 11 is 0. The highest BCUT2D eigenvalue weighted by molar-refractivity contribution is 5.87. The fourth-order valence-electron chi connectivity index (χ4n) is 9.26. The Balaban J connectivity index is 0.000000578. The maximum atomic E-state index is 4.41. The van der Waals surface area contributed by atoms with E-state index in [1.807, 2.05) is 335 Å². The Kier molecular flexibility index (Phi) is 45.6. The average molecular weight is 1400 g/mol. The van der Waals surface area contributed by atoms with Gasteiger partial charge in [0.2, 0.25) is 5.78 Å². The van der Waals surface area contributed by atoms with Crippen molar-refractivity contribution in [3.63, 3.8) is 0 Å². The van der Waals surface area contributed by atoms with Crippen LogP contribution in [0, 0.1) is 69.2 Å². The van der Waals surface area contributed by atoms with E-state index in [1.165, 1.54) is 22.5 Å². The van der Waals surface area contributed by atoms with Gasteiger partial charge in [-0.05, 0) is 178 Å². The van der Waals surface area contributed by atoms with Gasteiger partial charge in [-0.1, -0.05) is 135 Å². The minimum absolute atomic E-state index is 0.436. The second kappa shape index (κ2) is 52.1. The first-order valence-corrected chi connectivity index (χ1v) is 36.9. The van der Waals surface area contributed by atoms with E-state index >= 15 is 0 Å². The molecule has 0 aromatic carbocycles. The van der Waals surface area contributed by atoms with Crippen molar-refractivity contribution in [3.8, 4) is 0 Å². The number of hydrogen-bond acceptors (Lipinski definition) is 13. The molecule has 0 bridgehead atoms. The number of fused-ring (bicyclic) bond motifs is 8. The van der Waals surface area contributed by atoms with Crippen LogP contribution in [0.5, 0.6) is 0 Å². The smallest absolute Gasteiger partial charge is 0.304 e. The minimum Gasteiger partial charge on any atom is -0.304 e. The third kappa shape index (κ3) is 28.5. The molecule has 0 aliphatic carbocycles. The highest BCUT2D eigenvalue weighted by Gasteiger charge is 2.27. The van der Waals surface area contributed by atoms with Crippen LogP contribution in [0.2, 0.25) is 0 Å². The standard InChI is InChI=1S/C9H11N2.2C9H10N2.4C9H8N2.C8H9N3.8C2H6/c3*1-7-8(2)11-6-4-3-5-9(11)10-7;1-7-4-9-5-10-3-2-8(9)6-11-7;1-7-4-8-2-3-10-5-9(8)6-11-7;1-7-5-9-8(6-11-7)3-2-4-10-9;1-7-5-8-3-2-4-10-9(8)6-11-7;1-6-7(2)11-5-3-4-9-8(11)10-6;8*1-2/h3-6,8H,1-2H3;2*3-6H,1-2H3;4*2-6H,1H3;3-5H,1-2H3;8*1-2H3/q+1;;;;;;;;;;;;;;;. The average Bonchev–Trinajstić information content (AvgIpc) is 1.63. The summed E-state index contributed by atoms with van der Waals surface area (Å²) in [5, 5.41) is 6.84. The Labute approximate surface area is 622 Å². The summed E-state index contributed by atoms with van der Waals surface area (Å²) in [4.78, 5) is 54.6. The van der Waals surface area contributed by atoms with E-state index in [-0.39, 0.29) is 0 Å². The van der Waals surface area contributed by atoms with Crippen LogP contribution in [0.15, 0.2) is 219 Å². The van der Waals surface area contributed by atoms with Gasteiger partial charge in [-0.25, -0.2) is 24.5 Å². The maximum Gasteiger partial charge on any atom is 0.323 e. The molecule has 15 aromatic heterocycles. The highest BCUT2D eigenvalue weighted by Crippen LogP contribution is 2.18. The van der Waals surface area contributed by atoms with Gasteiger partial charge in [0.25, 0.3) is 0 Å². The second-order valence-corrected chi connectivity index (χ2v) is 21.0. The van der Waals surface area contributed by atoms with E-state index in [2.05, 4.69) is 118 Å². The van der Waals surface area contributed by atoms with Crippen LogP contribution in [-0.2, 0) is 0 Å². The molecule has 104 heavy (non-hydrogen) atoms.